The third-order valence-corrected chi connectivity index (χ3v) is 3.43. The highest BCUT2D eigenvalue weighted by molar-refractivity contribution is 7.89. The van der Waals surface area contributed by atoms with Crippen molar-refractivity contribution < 1.29 is 13.3 Å². The molecule has 0 saturated heterocycles. The maximum absolute atomic E-state index is 11.5. The molecule has 16 heavy (non-hydrogen) atoms. The van der Waals surface area contributed by atoms with E-state index in [0.29, 0.717) is 6.42 Å². The van der Waals surface area contributed by atoms with Gasteiger partial charge in [-0.15, -0.1) is 0 Å². The molecule has 0 fully saturated rings. The third kappa shape index (κ3) is 5.22. The number of nitrogens with one attached hydrogen (secondary N) is 1. The summed E-state index contributed by atoms with van der Waals surface area (Å²) in [7, 11) is -3.24. The molecule has 1 aromatic carbocycles. The van der Waals surface area contributed by atoms with Crippen LogP contribution in [0.5, 0.6) is 0 Å². The Kier molecular flexibility index (Phi) is 5.41. The van der Waals surface area contributed by atoms with E-state index in [4.69, 9.17) is 5.90 Å². The zero-order valence-electron chi connectivity index (χ0n) is 8.93. The van der Waals surface area contributed by atoms with Gasteiger partial charge in [0.2, 0.25) is 10.0 Å². The van der Waals surface area contributed by atoms with Crippen LogP contribution >= 0.6 is 0 Å². The summed E-state index contributed by atoms with van der Waals surface area (Å²) in [4.78, 5) is 4.27. The van der Waals surface area contributed by atoms with Gasteiger partial charge in [0.15, 0.2) is 0 Å². The Labute approximate surface area is 95.6 Å². The molecule has 0 aliphatic rings. The van der Waals surface area contributed by atoms with Crippen LogP contribution in [0.1, 0.15) is 5.56 Å². The molecule has 0 atom stereocenters. The van der Waals surface area contributed by atoms with Crippen LogP contribution in [0.2, 0.25) is 0 Å². The standard InChI is InChI=1S/C10H16N2O3S/c11-15-8-7-12-16(13,14)9-6-10-4-2-1-3-5-10/h1-5,12H,6-9,11H2. The first kappa shape index (κ1) is 13.1. The van der Waals surface area contributed by atoms with Gasteiger partial charge in [-0.3, -0.25) is 0 Å². The minimum Gasteiger partial charge on any atom is -0.303 e. The van der Waals surface area contributed by atoms with Gasteiger partial charge in [0, 0.05) is 6.54 Å². The predicted molar refractivity (Wildman–Crippen MR) is 62.1 cm³/mol. The normalized spacial score (nSPS) is 11.6. The lowest BCUT2D eigenvalue weighted by Gasteiger charge is -2.05. The van der Waals surface area contributed by atoms with E-state index in [-0.39, 0.29) is 18.9 Å². The quantitative estimate of drug-likeness (QED) is 0.524. The Balaban J connectivity index is 2.36. The van der Waals surface area contributed by atoms with Gasteiger partial charge in [0.1, 0.15) is 0 Å². The molecule has 0 unspecified atom stereocenters. The topological polar surface area (TPSA) is 81.4 Å². The van der Waals surface area contributed by atoms with Crippen molar-refractivity contribution in [3.63, 3.8) is 0 Å². The summed E-state index contributed by atoms with van der Waals surface area (Å²) in [6.45, 7) is 0.373. The van der Waals surface area contributed by atoms with Crippen molar-refractivity contribution in [3.05, 3.63) is 35.9 Å². The van der Waals surface area contributed by atoms with Gasteiger partial charge < -0.3 is 4.84 Å². The van der Waals surface area contributed by atoms with Gasteiger partial charge in [0.25, 0.3) is 0 Å². The number of aryl methyl sites for hydroxylation is 1. The average molecular weight is 244 g/mol. The van der Waals surface area contributed by atoms with Crippen molar-refractivity contribution in [3.8, 4) is 0 Å². The lowest BCUT2D eigenvalue weighted by atomic mass is 10.2. The number of hydrogen-bond acceptors (Lipinski definition) is 4. The summed E-state index contributed by atoms with van der Waals surface area (Å²) in [6, 6.07) is 9.47. The second-order valence-corrected chi connectivity index (χ2v) is 5.25. The lowest BCUT2D eigenvalue weighted by Crippen LogP contribution is -2.30. The molecule has 0 aliphatic carbocycles. The molecule has 0 amide bonds. The molecular weight excluding hydrogens is 228 g/mol. The fourth-order valence-corrected chi connectivity index (χ4v) is 2.27. The highest BCUT2D eigenvalue weighted by atomic mass is 32.2. The van der Waals surface area contributed by atoms with E-state index in [1.165, 1.54) is 0 Å². The van der Waals surface area contributed by atoms with Crippen molar-refractivity contribution in [1.29, 1.82) is 0 Å². The van der Waals surface area contributed by atoms with E-state index in [9.17, 15) is 8.42 Å². The molecule has 0 aromatic heterocycles. The van der Waals surface area contributed by atoms with E-state index in [1.807, 2.05) is 30.3 Å². The van der Waals surface area contributed by atoms with Crippen LogP contribution in [0.4, 0.5) is 0 Å². The number of rotatable bonds is 7. The fraction of sp³-hybridized carbons (Fsp3) is 0.400. The highest BCUT2D eigenvalue weighted by Crippen LogP contribution is 2.01. The van der Waals surface area contributed by atoms with Crippen LogP contribution in [0.3, 0.4) is 0 Å². The van der Waals surface area contributed by atoms with Crippen molar-refractivity contribution >= 4 is 10.0 Å². The molecule has 0 spiro atoms. The molecule has 1 aromatic rings. The Morgan fingerprint density at radius 1 is 1.25 bits per heavy atom. The van der Waals surface area contributed by atoms with Crippen LogP contribution in [0.15, 0.2) is 30.3 Å². The zero-order valence-corrected chi connectivity index (χ0v) is 9.74. The number of nitrogens with two attached hydrogens (primary N) is 1. The van der Waals surface area contributed by atoms with Gasteiger partial charge in [0.05, 0.1) is 12.4 Å². The molecule has 0 aliphatic heterocycles. The van der Waals surface area contributed by atoms with Gasteiger partial charge in [-0.05, 0) is 12.0 Å². The van der Waals surface area contributed by atoms with E-state index in [2.05, 4.69) is 9.56 Å². The van der Waals surface area contributed by atoms with E-state index >= 15 is 0 Å². The number of hydrogen-bond donors (Lipinski definition) is 2. The monoisotopic (exact) mass is 244 g/mol. The lowest BCUT2D eigenvalue weighted by molar-refractivity contribution is 0.143. The van der Waals surface area contributed by atoms with E-state index in [0.717, 1.165) is 5.56 Å². The second-order valence-electron chi connectivity index (χ2n) is 3.32. The summed E-state index contributed by atoms with van der Waals surface area (Å²) in [5.74, 6) is 4.86. The van der Waals surface area contributed by atoms with Crippen LogP contribution in [-0.4, -0.2) is 27.3 Å². The third-order valence-electron chi connectivity index (χ3n) is 2.04. The van der Waals surface area contributed by atoms with Crippen molar-refractivity contribution in [2.75, 3.05) is 18.9 Å². The Morgan fingerprint density at radius 2 is 1.94 bits per heavy atom. The first-order valence-corrected chi connectivity index (χ1v) is 6.62. The van der Waals surface area contributed by atoms with Gasteiger partial charge in [-0.2, -0.15) is 0 Å². The summed E-state index contributed by atoms with van der Waals surface area (Å²) in [5, 5.41) is 0. The van der Waals surface area contributed by atoms with E-state index in [1.54, 1.807) is 0 Å². The summed E-state index contributed by atoms with van der Waals surface area (Å²) >= 11 is 0. The SMILES string of the molecule is NOCCNS(=O)(=O)CCc1ccccc1. The molecular formula is C10H16N2O3S. The Hall–Kier alpha value is -0.950. The first-order chi connectivity index (χ1) is 7.64. The molecule has 3 N–H and O–H groups in total. The smallest absolute Gasteiger partial charge is 0.212 e. The zero-order chi connectivity index (χ0) is 11.9. The molecule has 90 valence electrons. The maximum Gasteiger partial charge on any atom is 0.212 e. The average Bonchev–Trinajstić information content (AvgIpc) is 2.28. The molecule has 6 heteroatoms. The summed E-state index contributed by atoms with van der Waals surface area (Å²) in [6.07, 6.45) is 0.500. The Morgan fingerprint density at radius 3 is 2.56 bits per heavy atom. The molecule has 1 rings (SSSR count). The van der Waals surface area contributed by atoms with Crippen molar-refractivity contribution in [2.24, 2.45) is 5.90 Å². The minimum absolute atomic E-state index is 0.0710. The van der Waals surface area contributed by atoms with E-state index < -0.39 is 10.0 Å². The largest absolute Gasteiger partial charge is 0.303 e. The molecule has 0 heterocycles. The van der Waals surface area contributed by atoms with Crippen LogP contribution in [-0.2, 0) is 21.3 Å². The van der Waals surface area contributed by atoms with Crippen LogP contribution in [0.25, 0.3) is 0 Å². The molecule has 0 radical (unpaired) electrons. The molecule has 0 bridgehead atoms. The number of sulfonamides is 1. The Bertz CT molecular complexity index is 392. The van der Waals surface area contributed by atoms with Crippen LogP contribution in [0, 0.1) is 0 Å². The first-order valence-electron chi connectivity index (χ1n) is 4.97. The maximum atomic E-state index is 11.5. The number of benzene rings is 1. The van der Waals surface area contributed by atoms with Gasteiger partial charge in [-0.25, -0.2) is 19.0 Å². The fourth-order valence-electron chi connectivity index (χ4n) is 1.23. The second kappa shape index (κ2) is 6.59. The summed E-state index contributed by atoms with van der Waals surface area (Å²) in [5.41, 5.74) is 1.00. The molecule has 0 saturated carbocycles. The van der Waals surface area contributed by atoms with Gasteiger partial charge >= 0.3 is 0 Å². The predicted octanol–water partition coefficient (Wildman–Crippen LogP) is 0.0388. The van der Waals surface area contributed by atoms with Gasteiger partial charge in [-0.1, -0.05) is 30.3 Å². The van der Waals surface area contributed by atoms with Crippen molar-refractivity contribution in [2.45, 2.75) is 6.42 Å². The minimum atomic E-state index is -3.24. The highest BCUT2D eigenvalue weighted by Gasteiger charge is 2.09. The van der Waals surface area contributed by atoms with Crippen LogP contribution < -0.4 is 10.6 Å². The molecule has 5 nitrogen and oxygen atoms in total. The van der Waals surface area contributed by atoms with Crippen molar-refractivity contribution in [1.82, 2.24) is 4.72 Å². The summed E-state index contributed by atoms with van der Waals surface area (Å²) < 4.78 is 25.3.